The highest BCUT2D eigenvalue weighted by Gasteiger charge is 2.30. The molecule has 0 bridgehead atoms. The lowest BCUT2D eigenvalue weighted by atomic mass is 10.2. The van der Waals surface area contributed by atoms with Gasteiger partial charge in [0.2, 0.25) is 5.91 Å². The molecule has 3 aromatic rings. The maximum atomic E-state index is 12.8. The van der Waals surface area contributed by atoms with Gasteiger partial charge in [-0.3, -0.25) is 4.79 Å². The predicted molar refractivity (Wildman–Crippen MR) is 90.7 cm³/mol. The van der Waals surface area contributed by atoms with Crippen LogP contribution in [-0.4, -0.2) is 55.5 Å². The van der Waals surface area contributed by atoms with Gasteiger partial charge in [0.1, 0.15) is 17.4 Å². The molecule has 1 N–H and O–H groups in total. The molecular weight excluding hydrogens is 320 g/mol. The quantitative estimate of drug-likeness (QED) is 0.776. The highest BCUT2D eigenvalue weighted by Crippen LogP contribution is 2.23. The Kier molecular flexibility index (Phi) is 4.19. The van der Waals surface area contributed by atoms with Crippen LogP contribution in [0.1, 0.15) is 24.0 Å². The molecule has 4 rings (SSSR count). The number of para-hydroxylation sites is 1. The third-order valence-electron chi connectivity index (χ3n) is 4.44. The molecule has 1 unspecified atom stereocenters. The van der Waals surface area contributed by atoms with E-state index in [9.17, 15) is 4.79 Å². The molecule has 1 atom stereocenters. The van der Waals surface area contributed by atoms with Crippen LogP contribution in [0.4, 0.5) is 0 Å². The first-order valence-corrected chi connectivity index (χ1v) is 8.39. The minimum atomic E-state index is -0.164. The topological polar surface area (TPSA) is 88.9 Å². The Morgan fingerprint density at radius 2 is 2.28 bits per heavy atom. The number of carbonyl (C=O) groups excluding carboxylic acids is 1. The van der Waals surface area contributed by atoms with Crippen LogP contribution in [0.25, 0.3) is 11.0 Å². The second kappa shape index (κ2) is 6.64. The first-order chi connectivity index (χ1) is 12.2. The minimum Gasteiger partial charge on any atom is -0.377 e. The van der Waals surface area contributed by atoms with Crippen LogP contribution in [0, 0.1) is 6.92 Å². The number of nitrogens with zero attached hydrogens (tertiary/aromatic N) is 5. The smallest absolute Gasteiger partial charge is 0.225 e. The van der Waals surface area contributed by atoms with E-state index in [1.165, 1.54) is 0 Å². The lowest BCUT2D eigenvalue weighted by Crippen LogP contribution is -2.44. The van der Waals surface area contributed by atoms with Crippen LogP contribution in [0.2, 0.25) is 0 Å². The van der Waals surface area contributed by atoms with Gasteiger partial charge >= 0.3 is 0 Å². The van der Waals surface area contributed by atoms with Crippen molar-refractivity contribution in [3.63, 3.8) is 0 Å². The molecule has 25 heavy (non-hydrogen) atoms. The summed E-state index contributed by atoms with van der Waals surface area (Å²) >= 11 is 0. The van der Waals surface area contributed by atoms with Crippen molar-refractivity contribution in [1.29, 1.82) is 0 Å². The van der Waals surface area contributed by atoms with Gasteiger partial charge < -0.3 is 14.6 Å². The summed E-state index contributed by atoms with van der Waals surface area (Å²) in [7, 11) is 0. The summed E-state index contributed by atoms with van der Waals surface area (Å²) in [5.41, 5.74) is 2.75. The zero-order chi connectivity index (χ0) is 17.2. The minimum absolute atomic E-state index is 0.0712. The van der Waals surface area contributed by atoms with Crippen LogP contribution >= 0.6 is 0 Å². The number of aryl methyl sites for hydroxylation is 2. The van der Waals surface area contributed by atoms with Crippen molar-refractivity contribution in [3.8, 4) is 0 Å². The summed E-state index contributed by atoms with van der Waals surface area (Å²) in [6.45, 7) is 4.03. The number of benzene rings is 1. The molecule has 1 aromatic carbocycles. The van der Waals surface area contributed by atoms with Crippen LogP contribution in [0.15, 0.2) is 30.5 Å². The molecular formula is C17H20N6O2. The Morgan fingerprint density at radius 3 is 3.12 bits per heavy atom. The number of imidazole rings is 1. The molecule has 8 nitrogen and oxygen atoms in total. The third kappa shape index (κ3) is 3.12. The zero-order valence-electron chi connectivity index (χ0n) is 14.1. The number of H-pyrrole nitrogens is 1. The average Bonchev–Trinajstić information content (AvgIpc) is 3.26. The molecule has 0 radical (unpaired) electrons. The molecule has 3 heterocycles. The average molecular weight is 340 g/mol. The van der Waals surface area contributed by atoms with Gasteiger partial charge in [-0.05, 0) is 19.1 Å². The number of morpholine rings is 1. The summed E-state index contributed by atoms with van der Waals surface area (Å²) in [6, 6.07) is 7.58. The van der Waals surface area contributed by atoms with E-state index in [1.807, 2.05) is 36.1 Å². The van der Waals surface area contributed by atoms with Crippen molar-refractivity contribution in [2.24, 2.45) is 0 Å². The van der Waals surface area contributed by atoms with E-state index < -0.39 is 0 Å². The number of nitrogens with one attached hydrogen (secondary N) is 1. The normalized spacial score (nSPS) is 18.0. The lowest BCUT2D eigenvalue weighted by Gasteiger charge is -2.34. The number of fused-ring (bicyclic) bond motifs is 1. The van der Waals surface area contributed by atoms with Crippen LogP contribution in [-0.2, 0) is 16.1 Å². The molecule has 1 aliphatic rings. The van der Waals surface area contributed by atoms with Crippen LogP contribution in [0.5, 0.6) is 0 Å². The van der Waals surface area contributed by atoms with Crippen molar-refractivity contribution in [2.45, 2.75) is 25.9 Å². The molecule has 2 aromatic heterocycles. The Hall–Kier alpha value is -2.74. The van der Waals surface area contributed by atoms with E-state index in [2.05, 4.69) is 20.3 Å². The largest absolute Gasteiger partial charge is 0.377 e. The molecule has 130 valence electrons. The number of hydrogen-bond acceptors (Lipinski definition) is 5. The Bertz CT molecular complexity index is 886. The standard InChI is InChI=1S/C17H20N6O2/c1-12-10-18-17(19-12)15-11-25-9-8-22(15)16(24)6-7-23-14-5-3-2-4-13(14)20-21-23/h2-5,10,15H,6-9,11H2,1H3,(H,18,19). The highest BCUT2D eigenvalue weighted by atomic mass is 16.5. The Balaban J connectivity index is 1.47. The molecule has 1 fully saturated rings. The second-order valence-corrected chi connectivity index (χ2v) is 6.18. The number of aromatic nitrogens is 5. The maximum Gasteiger partial charge on any atom is 0.225 e. The van der Waals surface area contributed by atoms with E-state index in [-0.39, 0.29) is 11.9 Å². The highest BCUT2D eigenvalue weighted by molar-refractivity contribution is 5.77. The van der Waals surface area contributed by atoms with E-state index >= 15 is 0 Å². The van der Waals surface area contributed by atoms with Crippen molar-refractivity contribution < 1.29 is 9.53 Å². The van der Waals surface area contributed by atoms with Gasteiger partial charge in [-0.1, -0.05) is 17.3 Å². The van der Waals surface area contributed by atoms with Crippen molar-refractivity contribution in [2.75, 3.05) is 19.8 Å². The molecule has 1 amide bonds. The van der Waals surface area contributed by atoms with E-state index in [0.29, 0.717) is 32.7 Å². The first-order valence-electron chi connectivity index (χ1n) is 8.39. The summed E-state index contributed by atoms with van der Waals surface area (Å²) in [6.07, 6.45) is 2.14. The van der Waals surface area contributed by atoms with Crippen LogP contribution < -0.4 is 0 Å². The number of amides is 1. The van der Waals surface area contributed by atoms with Gasteiger partial charge in [0.25, 0.3) is 0 Å². The second-order valence-electron chi connectivity index (χ2n) is 6.18. The van der Waals surface area contributed by atoms with Gasteiger partial charge in [-0.15, -0.1) is 5.10 Å². The van der Waals surface area contributed by atoms with Gasteiger partial charge in [-0.2, -0.15) is 0 Å². The molecule has 8 heteroatoms. The third-order valence-corrected chi connectivity index (χ3v) is 4.44. The SMILES string of the molecule is Cc1cnc(C2COCCN2C(=O)CCn2nnc3ccccc32)[nH]1. The molecule has 0 spiro atoms. The van der Waals surface area contributed by atoms with E-state index in [4.69, 9.17) is 4.74 Å². The fraction of sp³-hybridized carbons (Fsp3) is 0.412. The molecule has 0 saturated carbocycles. The number of hydrogen-bond donors (Lipinski definition) is 1. The summed E-state index contributed by atoms with van der Waals surface area (Å²) < 4.78 is 7.33. The Morgan fingerprint density at radius 1 is 1.40 bits per heavy atom. The van der Waals surface area contributed by atoms with Crippen molar-refractivity contribution in [1.82, 2.24) is 29.9 Å². The zero-order valence-corrected chi connectivity index (χ0v) is 14.1. The first kappa shape index (κ1) is 15.8. The number of ether oxygens (including phenoxy) is 1. The lowest BCUT2D eigenvalue weighted by molar-refractivity contribution is -0.140. The summed E-state index contributed by atoms with van der Waals surface area (Å²) in [5.74, 6) is 0.846. The van der Waals surface area contributed by atoms with Gasteiger partial charge in [-0.25, -0.2) is 9.67 Å². The number of carbonyl (C=O) groups is 1. The fourth-order valence-electron chi connectivity index (χ4n) is 3.16. The van der Waals surface area contributed by atoms with Gasteiger partial charge in [0, 0.05) is 24.9 Å². The number of rotatable bonds is 4. The maximum absolute atomic E-state index is 12.8. The summed E-state index contributed by atoms with van der Waals surface area (Å²) in [4.78, 5) is 22.2. The molecule has 1 saturated heterocycles. The summed E-state index contributed by atoms with van der Waals surface area (Å²) in [5, 5.41) is 8.27. The molecule has 0 aliphatic carbocycles. The van der Waals surface area contributed by atoms with E-state index in [1.54, 1.807) is 10.9 Å². The van der Waals surface area contributed by atoms with Crippen molar-refractivity contribution in [3.05, 3.63) is 42.0 Å². The monoisotopic (exact) mass is 340 g/mol. The van der Waals surface area contributed by atoms with Crippen molar-refractivity contribution >= 4 is 16.9 Å². The fourth-order valence-corrected chi connectivity index (χ4v) is 3.16. The van der Waals surface area contributed by atoms with Gasteiger partial charge in [0.15, 0.2) is 0 Å². The molecule has 1 aliphatic heterocycles. The predicted octanol–water partition coefficient (Wildman–Crippen LogP) is 1.45. The van der Waals surface area contributed by atoms with E-state index in [0.717, 1.165) is 22.6 Å². The number of aromatic amines is 1. The van der Waals surface area contributed by atoms with Crippen LogP contribution in [0.3, 0.4) is 0 Å². The van der Waals surface area contributed by atoms with Gasteiger partial charge in [0.05, 0.1) is 25.3 Å². The Labute approximate surface area is 144 Å².